The Morgan fingerprint density at radius 1 is 1.00 bits per heavy atom. The molecule has 3 aromatic carbocycles. The zero-order chi connectivity index (χ0) is 24.2. The minimum absolute atomic E-state index is 0.249. The highest BCUT2D eigenvalue weighted by molar-refractivity contribution is 8.01. The summed E-state index contributed by atoms with van der Waals surface area (Å²) in [5, 5.41) is 4.61. The summed E-state index contributed by atoms with van der Waals surface area (Å²) in [7, 11) is 0. The molecule has 2 aliphatic heterocycles. The van der Waals surface area contributed by atoms with Gasteiger partial charge in [-0.25, -0.2) is 5.01 Å². The van der Waals surface area contributed by atoms with Crippen LogP contribution in [-0.4, -0.2) is 41.3 Å². The lowest BCUT2D eigenvalue weighted by molar-refractivity contribution is -0.131. The van der Waals surface area contributed by atoms with Crippen LogP contribution in [-0.2, 0) is 14.3 Å². The Hall–Kier alpha value is -3.00. The number of ether oxygens (including phenoxy) is 1. The van der Waals surface area contributed by atoms with Crippen LogP contribution in [0.3, 0.4) is 0 Å². The maximum Gasteiger partial charge on any atom is 0.265 e. The molecule has 180 valence electrons. The van der Waals surface area contributed by atoms with Crippen molar-refractivity contribution in [1.82, 2.24) is 10.4 Å². The van der Waals surface area contributed by atoms with E-state index in [1.54, 1.807) is 6.07 Å². The predicted octanol–water partition coefficient (Wildman–Crippen LogP) is 5.05. The van der Waals surface area contributed by atoms with Crippen molar-refractivity contribution in [3.63, 3.8) is 0 Å². The summed E-state index contributed by atoms with van der Waals surface area (Å²) in [6.45, 7) is 1.48. The van der Waals surface area contributed by atoms with Gasteiger partial charge < -0.3 is 10.1 Å². The number of nitrogens with zero attached hydrogens (tertiary/aromatic N) is 1. The van der Waals surface area contributed by atoms with Gasteiger partial charge in [0.25, 0.3) is 11.8 Å². The molecule has 2 unspecified atom stereocenters. The van der Waals surface area contributed by atoms with Crippen molar-refractivity contribution >= 4 is 40.9 Å². The first-order chi connectivity index (χ1) is 17.1. The van der Waals surface area contributed by atoms with Gasteiger partial charge in [-0.15, -0.1) is 11.8 Å². The Balaban J connectivity index is 1.44. The molecule has 35 heavy (non-hydrogen) atoms. The van der Waals surface area contributed by atoms with Gasteiger partial charge in [-0.05, 0) is 48.2 Å². The number of hydrazine groups is 1. The van der Waals surface area contributed by atoms with Crippen LogP contribution in [0.5, 0.6) is 0 Å². The number of rotatable bonds is 7. The summed E-state index contributed by atoms with van der Waals surface area (Å²) < 4.78 is 5.60. The van der Waals surface area contributed by atoms with Gasteiger partial charge in [0.15, 0.2) is 5.25 Å². The number of hydrogen-bond acceptors (Lipinski definition) is 5. The number of carbonyl (C=O) groups is 2. The first-order valence-corrected chi connectivity index (χ1v) is 12.9. The third-order valence-electron chi connectivity index (χ3n) is 6.12. The van der Waals surface area contributed by atoms with Crippen molar-refractivity contribution in [2.75, 3.05) is 18.5 Å². The second-order valence-electron chi connectivity index (χ2n) is 8.61. The summed E-state index contributed by atoms with van der Waals surface area (Å²) in [6, 6.07) is 24.7. The number of hydrogen-bond donors (Lipinski definition) is 2. The van der Waals surface area contributed by atoms with E-state index >= 15 is 0 Å². The number of benzene rings is 3. The van der Waals surface area contributed by atoms with E-state index in [2.05, 4.69) is 10.7 Å². The molecule has 0 radical (unpaired) electrons. The Bertz CT molecular complexity index is 1200. The summed E-state index contributed by atoms with van der Waals surface area (Å²) in [4.78, 5) is 27.2. The fourth-order valence-electron chi connectivity index (χ4n) is 4.45. The largest absolute Gasteiger partial charge is 0.380 e. The van der Waals surface area contributed by atoms with E-state index in [-0.39, 0.29) is 17.9 Å². The molecule has 0 aliphatic carbocycles. The van der Waals surface area contributed by atoms with Gasteiger partial charge in [-0.3, -0.25) is 15.0 Å². The minimum atomic E-state index is -0.915. The molecule has 2 fully saturated rings. The maximum atomic E-state index is 13.6. The molecule has 3 atom stereocenters. The van der Waals surface area contributed by atoms with Crippen molar-refractivity contribution in [3.8, 4) is 0 Å². The second kappa shape index (κ2) is 10.7. The van der Waals surface area contributed by atoms with Crippen LogP contribution in [0.2, 0.25) is 5.02 Å². The minimum Gasteiger partial charge on any atom is -0.380 e. The molecule has 2 aliphatic rings. The lowest BCUT2D eigenvalue weighted by Crippen LogP contribution is -2.40. The molecular formula is C27H26ClN3O3S. The van der Waals surface area contributed by atoms with E-state index < -0.39 is 11.3 Å². The van der Waals surface area contributed by atoms with Crippen LogP contribution in [0, 0.1) is 0 Å². The van der Waals surface area contributed by atoms with Gasteiger partial charge in [0, 0.05) is 23.2 Å². The van der Waals surface area contributed by atoms with Crippen molar-refractivity contribution in [2.45, 2.75) is 35.1 Å². The SMILES string of the molecule is O=C1NN(C(c2ccccc2)c2cccc(N[C@H]3CCCOC3)c2)C(=O)C1Sc1ccccc1Cl. The van der Waals surface area contributed by atoms with E-state index in [0.717, 1.165) is 36.3 Å². The average molecular weight is 508 g/mol. The molecule has 8 heteroatoms. The monoisotopic (exact) mass is 507 g/mol. The molecule has 2 amide bonds. The highest BCUT2D eigenvalue weighted by Gasteiger charge is 2.44. The quantitative estimate of drug-likeness (QED) is 0.438. The van der Waals surface area contributed by atoms with E-state index in [1.165, 1.54) is 16.8 Å². The molecule has 5 rings (SSSR count). The normalized spacial score (nSPS) is 21.0. The predicted molar refractivity (Wildman–Crippen MR) is 138 cm³/mol. The van der Waals surface area contributed by atoms with Gasteiger partial charge in [0.2, 0.25) is 0 Å². The molecule has 2 heterocycles. The summed E-state index contributed by atoms with van der Waals surface area (Å²) in [5.74, 6) is -0.651. The van der Waals surface area contributed by atoms with E-state index in [1.807, 2.05) is 72.8 Å². The number of thioether (sulfide) groups is 1. The lowest BCUT2D eigenvalue weighted by atomic mass is 9.97. The van der Waals surface area contributed by atoms with Crippen LogP contribution >= 0.6 is 23.4 Å². The van der Waals surface area contributed by atoms with Crippen molar-refractivity contribution in [3.05, 3.63) is 95.0 Å². The summed E-state index contributed by atoms with van der Waals surface area (Å²) in [6.07, 6.45) is 2.08. The summed E-state index contributed by atoms with van der Waals surface area (Å²) in [5.41, 5.74) is 5.59. The Labute approximate surface area is 214 Å². The van der Waals surface area contributed by atoms with Crippen LogP contribution < -0.4 is 10.7 Å². The third-order valence-corrected chi connectivity index (χ3v) is 7.82. The first-order valence-electron chi connectivity index (χ1n) is 11.6. The zero-order valence-electron chi connectivity index (χ0n) is 19.0. The van der Waals surface area contributed by atoms with Crippen LogP contribution in [0.25, 0.3) is 0 Å². The Morgan fingerprint density at radius 3 is 2.54 bits per heavy atom. The second-order valence-corrected chi connectivity index (χ2v) is 10.2. The van der Waals surface area contributed by atoms with Crippen LogP contribution in [0.4, 0.5) is 5.69 Å². The fourth-order valence-corrected chi connectivity index (χ4v) is 5.68. The van der Waals surface area contributed by atoms with Crippen LogP contribution in [0.1, 0.15) is 30.0 Å². The summed E-state index contributed by atoms with van der Waals surface area (Å²) >= 11 is 7.46. The smallest absolute Gasteiger partial charge is 0.265 e. The Morgan fingerprint density at radius 2 is 1.77 bits per heavy atom. The molecule has 0 aromatic heterocycles. The molecule has 0 bridgehead atoms. The van der Waals surface area contributed by atoms with Crippen molar-refractivity contribution in [1.29, 1.82) is 0 Å². The van der Waals surface area contributed by atoms with E-state index in [4.69, 9.17) is 16.3 Å². The highest BCUT2D eigenvalue weighted by atomic mass is 35.5. The van der Waals surface area contributed by atoms with Crippen LogP contribution in [0.15, 0.2) is 83.8 Å². The van der Waals surface area contributed by atoms with Gasteiger partial charge >= 0.3 is 0 Å². The van der Waals surface area contributed by atoms with Crippen molar-refractivity contribution in [2.24, 2.45) is 0 Å². The number of amides is 2. The first kappa shape index (κ1) is 23.7. The van der Waals surface area contributed by atoms with Gasteiger partial charge in [-0.2, -0.15) is 0 Å². The number of nitrogens with one attached hydrogen (secondary N) is 2. The van der Waals surface area contributed by atoms with Gasteiger partial charge in [0.1, 0.15) is 6.04 Å². The average Bonchev–Trinajstić information content (AvgIpc) is 3.15. The number of carbonyl (C=O) groups excluding carboxylic acids is 2. The van der Waals surface area contributed by atoms with E-state index in [0.29, 0.717) is 16.5 Å². The molecule has 3 aromatic rings. The standard InChI is InChI=1S/C27H26ClN3O3S/c28-22-13-4-5-14-23(22)35-25-26(32)30-31(27(25)33)24(18-8-2-1-3-9-18)19-10-6-11-20(16-19)29-21-12-7-15-34-17-21/h1-6,8-11,13-14,16,21,24-25,29H,7,12,15,17H2,(H,30,32)/t21-,24?,25?/m0/s1. The fraction of sp³-hybridized carbons (Fsp3) is 0.259. The highest BCUT2D eigenvalue weighted by Crippen LogP contribution is 2.37. The molecule has 0 saturated carbocycles. The molecular weight excluding hydrogens is 482 g/mol. The number of anilines is 1. The topological polar surface area (TPSA) is 70.7 Å². The van der Waals surface area contributed by atoms with E-state index in [9.17, 15) is 9.59 Å². The Kier molecular flexibility index (Phi) is 7.27. The lowest BCUT2D eigenvalue weighted by Gasteiger charge is -2.29. The molecule has 0 spiro atoms. The van der Waals surface area contributed by atoms with Crippen molar-refractivity contribution < 1.29 is 14.3 Å². The molecule has 2 N–H and O–H groups in total. The third kappa shape index (κ3) is 5.32. The maximum absolute atomic E-state index is 13.6. The number of halogens is 1. The van der Waals surface area contributed by atoms with Gasteiger partial charge in [-0.1, -0.05) is 66.2 Å². The zero-order valence-corrected chi connectivity index (χ0v) is 20.6. The molecule has 6 nitrogen and oxygen atoms in total. The molecule has 2 saturated heterocycles. The van der Waals surface area contributed by atoms with Gasteiger partial charge in [0.05, 0.1) is 11.6 Å².